The van der Waals surface area contributed by atoms with Gasteiger partial charge in [0.05, 0.1) is 10.8 Å². The minimum absolute atomic E-state index is 0.0564. The summed E-state index contributed by atoms with van der Waals surface area (Å²) in [5.41, 5.74) is 31.7. The van der Waals surface area contributed by atoms with Gasteiger partial charge in [-0.1, -0.05) is 212 Å². The lowest BCUT2D eigenvalue weighted by molar-refractivity contribution is 0.794. The lowest BCUT2D eigenvalue weighted by Crippen LogP contribution is -2.25. The van der Waals surface area contributed by atoms with E-state index in [2.05, 4.69) is 225 Å². The van der Waals surface area contributed by atoms with Gasteiger partial charge < -0.3 is 5.73 Å². The van der Waals surface area contributed by atoms with Crippen LogP contribution in [0.25, 0.3) is 88.3 Å². The molecular formula is C68H46N2. The Morgan fingerprint density at radius 2 is 0.643 bits per heavy atom. The van der Waals surface area contributed by atoms with Crippen molar-refractivity contribution in [3.05, 3.63) is 287 Å². The number of benzene rings is 11. The van der Waals surface area contributed by atoms with E-state index in [0.717, 1.165) is 27.3 Å². The third kappa shape index (κ3) is 5.04. The minimum atomic E-state index is -0.472. The predicted octanol–water partition coefficient (Wildman–Crippen LogP) is 16.5. The van der Waals surface area contributed by atoms with E-state index in [4.69, 9.17) is 11.1 Å². The van der Waals surface area contributed by atoms with Crippen molar-refractivity contribution in [2.45, 2.75) is 17.8 Å². The molecule has 328 valence electrons. The quantitative estimate of drug-likeness (QED) is 0.0789. The van der Waals surface area contributed by atoms with Crippen LogP contribution in [-0.2, 0) is 10.8 Å². The highest BCUT2D eigenvalue weighted by atomic mass is 14.7. The summed E-state index contributed by atoms with van der Waals surface area (Å²) in [5.74, 6) is 0.0564. The second-order valence-electron chi connectivity index (χ2n) is 19.2. The number of fused-ring (bicyclic) bond motifs is 22. The first-order valence-corrected chi connectivity index (χ1v) is 24.3. The molecule has 0 unspecified atom stereocenters. The zero-order valence-corrected chi connectivity index (χ0v) is 38.7. The first kappa shape index (κ1) is 40.2. The predicted molar refractivity (Wildman–Crippen MR) is 292 cm³/mol. The molecule has 0 saturated heterocycles. The molecule has 11 aromatic rings. The van der Waals surface area contributed by atoms with Gasteiger partial charge in [-0.05, 0) is 158 Å². The second-order valence-corrected chi connectivity index (χ2v) is 19.2. The molecule has 0 fully saturated rings. The van der Waals surface area contributed by atoms with Crippen molar-refractivity contribution in [3.63, 3.8) is 0 Å². The number of nitrogen functional groups attached to an aromatic ring is 1. The Labute approximate surface area is 408 Å². The number of hydrogen-bond donors (Lipinski definition) is 2. The zero-order valence-electron chi connectivity index (χ0n) is 38.7. The van der Waals surface area contributed by atoms with Gasteiger partial charge in [-0.3, -0.25) is 5.41 Å². The topological polar surface area (TPSA) is 49.9 Å². The molecular weight excluding hydrogens is 845 g/mol. The van der Waals surface area contributed by atoms with Gasteiger partial charge in [-0.15, -0.1) is 6.58 Å². The van der Waals surface area contributed by atoms with Gasteiger partial charge in [-0.2, -0.15) is 0 Å². The van der Waals surface area contributed by atoms with Crippen molar-refractivity contribution in [1.29, 1.82) is 5.41 Å². The first-order valence-electron chi connectivity index (χ1n) is 24.3. The smallest absolute Gasteiger partial charge is 0.122 e. The molecule has 15 rings (SSSR count). The van der Waals surface area contributed by atoms with Gasteiger partial charge in [0, 0.05) is 5.56 Å². The number of amidine groups is 1. The highest BCUT2D eigenvalue weighted by Gasteiger charge is 2.53. The Hall–Kier alpha value is -8.85. The molecule has 0 bridgehead atoms. The molecule has 0 atom stereocenters. The first-order chi connectivity index (χ1) is 34.5. The van der Waals surface area contributed by atoms with E-state index in [0.29, 0.717) is 5.56 Å². The summed E-state index contributed by atoms with van der Waals surface area (Å²) < 4.78 is 0. The summed E-state index contributed by atoms with van der Waals surface area (Å²) in [6.07, 6.45) is 1.75. The standard InChI is InChI=1S/C65H40N2.C3H6/c66-63(67)40-31-34-51-52(35-40)62(39-30-33-48-46-20-8-14-28-58(46)65(60(48)37-39)55-25-11-5-17-43(55)44-18-6-12-26-56(44)65)50-22-2-1-21-49(50)61(51)38-29-32-47-45-19-7-13-27-57(45)64(59(47)36-38)53-23-9-3-15-41(53)42-16-4-10-24-54(42)64;1-3-2/h1-37H,(H3,66,67);3H,1H2,2H3. The molecule has 0 radical (unpaired) electrons. The fraction of sp³-hybridized carbons (Fsp3) is 0.0441. The van der Waals surface area contributed by atoms with Crippen LogP contribution in [-0.4, -0.2) is 5.84 Å². The molecule has 2 heteroatoms. The molecule has 2 spiro atoms. The van der Waals surface area contributed by atoms with E-state index >= 15 is 0 Å². The van der Waals surface area contributed by atoms with E-state index < -0.39 is 10.8 Å². The molecule has 70 heavy (non-hydrogen) atoms. The van der Waals surface area contributed by atoms with Gasteiger partial charge in [-0.25, -0.2) is 0 Å². The van der Waals surface area contributed by atoms with Gasteiger partial charge in [0.15, 0.2) is 0 Å². The minimum Gasteiger partial charge on any atom is -0.384 e. The monoisotopic (exact) mass is 890 g/mol. The van der Waals surface area contributed by atoms with Crippen LogP contribution in [0.4, 0.5) is 0 Å². The molecule has 0 aromatic heterocycles. The number of nitrogens with two attached hydrogens (primary N) is 1. The summed E-state index contributed by atoms with van der Waals surface area (Å²) in [5, 5.41) is 13.3. The Bertz CT molecular complexity index is 3970. The van der Waals surface area contributed by atoms with Crippen LogP contribution in [0.1, 0.15) is 57.0 Å². The normalized spacial score (nSPS) is 13.9. The van der Waals surface area contributed by atoms with Crippen molar-refractivity contribution >= 4 is 27.4 Å². The lowest BCUT2D eigenvalue weighted by Gasteiger charge is -2.31. The highest BCUT2D eigenvalue weighted by Crippen LogP contribution is 2.65. The van der Waals surface area contributed by atoms with E-state index in [-0.39, 0.29) is 5.84 Å². The van der Waals surface area contributed by atoms with Crippen LogP contribution in [0.2, 0.25) is 0 Å². The number of hydrogen-bond acceptors (Lipinski definition) is 1. The summed E-state index contributed by atoms with van der Waals surface area (Å²) in [6, 6.07) is 83.8. The van der Waals surface area contributed by atoms with Crippen molar-refractivity contribution < 1.29 is 0 Å². The van der Waals surface area contributed by atoms with Crippen LogP contribution < -0.4 is 5.73 Å². The van der Waals surface area contributed by atoms with Crippen LogP contribution in [0.3, 0.4) is 0 Å². The van der Waals surface area contributed by atoms with E-state index in [1.807, 2.05) is 13.0 Å². The fourth-order valence-electron chi connectivity index (χ4n) is 13.5. The van der Waals surface area contributed by atoms with E-state index in [9.17, 15) is 0 Å². The third-order valence-electron chi connectivity index (χ3n) is 15.9. The Morgan fingerprint density at radius 3 is 0.986 bits per heavy atom. The van der Waals surface area contributed by atoms with Crippen LogP contribution in [0.15, 0.2) is 237 Å². The summed E-state index contributed by atoms with van der Waals surface area (Å²) in [6.45, 7) is 5.25. The molecule has 11 aromatic carbocycles. The van der Waals surface area contributed by atoms with Crippen molar-refractivity contribution in [3.8, 4) is 66.8 Å². The van der Waals surface area contributed by atoms with Crippen molar-refractivity contribution in [2.75, 3.05) is 0 Å². The number of allylic oxidation sites excluding steroid dienone is 1. The third-order valence-corrected chi connectivity index (χ3v) is 15.9. The Morgan fingerprint density at radius 1 is 0.357 bits per heavy atom. The molecule has 3 N–H and O–H groups in total. The SMILES string of the molecule is C=CC.N=C(N)c1ccc2c(-c3ccc4c(c3)C3(c5ccccc5-c5ccccc53)c3ccccc3-4)c3ccccc3c(-c3ccc4c(c3)C3(c5ccccc5-c5ccccc53)c3ccccc3-4)c2c1. The zero-order chi connectivity index (χ0) is 46.9. The van der Waals surface area contributed by atoms with E-state index in [1.54, 1.807) is 6.08 Å². The average molecular weight is 891 g/mol. The van der Waals surface area contributed by atoms with E-state index in [1.165, 1.54) is 106 Å². The maximum absolute atomic E-state index is 8.72. The summed E-state index contributed by atoms with van der Waals surface area (Å²) in [7, 11) is 0. The highest BCUT2D eigenvalue weighted by molar-refractivity contribution is 6.23. The fourth-order valence-corrected chi connectivity index (χ4v) is 13.5. The maximum atomic E-state index is 8.72. The molecule has 2 nitrogen and oxygen atoms in total. The van der Waals surface area contributed by atoms with Crippen LogP contribution in [0.5, 0.6) is 0 Å². The van der Waals surface area contributed by atoms with Crippen molar-refractivity contribution in [1.82, 2.24) is 0 Å². The average Bonchev–Trinajstić information content (AvgIpc) is 4.09. The van der Waals surface area contributed by atoms with Crippen molar-refractivity contribution in [2.24, 2.45) is 5.73 Å². The second kappa shape index (κ2) is 14.8. The van der Waals surface area contributed by atoms with Crippen LogP contribution in [0, 0.1) is 5.41 Å². The van der Waals surface area contributed by atoms with Gasteiger partial charge >= 0.3 is 0 Å². The van der Waals surface area contributed by atoms with Gasteiger partial charge in [0.25, 0.3) is 0 Å². The number of nitrogens with one attached hydrogen (secondary N) is 1. The summed E-state index contributed by atoms with van der Waals surface area (Å²) in [4.78, 5) is 0. The Balaban J connectivity index is 0.00000150. The molecule has 0 aliphatic heterocycles. The Kier molecular flexibility index (Phi) is 8.52. The van der Waals surface area contributed by atoms with Gasteiger partial charge in [0.2, 0.25) is 0 Å². The lowest BCUT2D eigenvalue weighted by atomic mass is 9.70. The van der Waals surface area contributed by atoms with Crippen LogP contribution >= 0.6 is 0 Å². The largest absolute Gasteiger partial charge is 0.384 e. The maximum Gasteiger partial charge on any atom is 0.122 e. The molecule has 0 amide bonds. The van der Waals surface area contributed by atoms with Gasteiger partial charge in [0.1, 0.15) is 5.84 Å². The number of rotatable bonds is 3. The molecule has 0 saturated carbocycles. The summed E-state index contributed by atoms with van der Waals surface area (Å²) >= 11 is 0. The molecule has 0 heterocycles. The molecule has 4 aliphatic rings. The molecule has 4 aliphatic carbocycles.